The zero-order chi connectivity index (χ0) is 12.4. The molecular weight excluding hydrogens is 222 g/mol. The van der Waals surface area contributed by atoms with E-state index in [9.17, 15) is 9.59 Å². The first-order valence-electron chi connectivity index (χ1n) is 6.01. The summed E-state index contributed by atoms with van der Waals surface area (Å²) in [7, 11) is 1.35. The summed E-state index contributed by atoms with van der Waals surface area (Å²) in [4.78, 5) is 25.5. The lowest BCUT2D eigenvalue weighted by Gasteiger charge is -2.40. The summed E-state index contributed by atoms with van der Waals surface area (Å²) < 4.78 is 4.77. The molecule has 0 aliphatic carbocycles. The van der Waals surface area contributed by atoms with E-state index >= 15 is 0 Å². The lowest BCUT2D eigenvalue weighted by atomic mass is 9.95. The molecule has 6 nitrogen and oxygen atoms in total. The van der Waals surface area contributed by atoms with Crippen LogP contribution < -0.4 is 11.1 Å². The largest absolute Gasteiger partial charge is 0.467 e. The van der Waals surface area contributed by atoms with Gasteiger partial charge in [0.2, 0.25) is 5.91 Å². The molecule has 0 radical (unpaired) electrons. The molecule has 2 saturated heterocycles. The van der Waals surface area contributed by atoms with E-state index in [1.165, 1.54) is 7.11 Å². The fraction of sp³-hybridized carbons (Fsp3) is 0.818. The smallest absolute Gasteiger partial charge is 0.328 e. The van der Waals surface area contributed by atoms with Crippen LogP contribution in [0.2, 0.25) is 0 Å². The number of nitrogens with two attached hydrogens (primary N) is 1. The summed E-state index contributed by atoms with van der Waals surface area (Å²) in [5, 5.41) is 3.16. The molecule has 0 bridgehead atoms. The Hall–Kier alpha value is -1.14. The maximum absolute atomic E-state index is 12.2. The molecule has 3 atom stereocenters. The molecular formula is C11H19N3O3. The molecule has 2 rings (SSSR count). The Morgan fingerprint density at radius 3 is 2.94 bits per heavy atom. The highest BCUT2D eigenvalue weighted by Gasteiger charge is 2.41. The zero-order valence-corrected chi connectivity index (χ0v) is 10.0. The fourth-order valence-electron chi connectivity index (χ4n) is 2.67. The van der Waals surface area contributed by atoms with Gasteiger partial charge in [-0.15, -0.1) is 0 Å². The second-order valence-electron chi connectivity index (χ2n) is 4.63. The quantitative estimate of drug-likeness (QED) is 0.566. The molecule has 17 heavy (non-hydrogen) atoms. The van der Waals surface area contributed by atoms with E-state index in [-0.39, 0.29) is 17.9 Å². The van der Waals surface area contributed by atoms with Crippen LogP contribution in [-0.4, -0.2) is 55.1 Å². The number of hydrogen-bond donors (Lipinski definition) is 2. The number of methoxy groups -OCH3 is 1. The molecule has 0 saturated carbocycles. The van der Waals surface area contributed by atoms with Crippen molar-refractivity contribution >= 4 is 11.9 Å². The van der Waals surface area contributed by atoms with Crippen molar-refractivity contribution in [1.82, 2.24) is 10.2 Å². The number of piperidine rings is 1. The molecule has 2 aliphatic rings. The number of ether oxygens (including phenoxy) is 1. The van der Waals surface area contributed by atoms with Crippen LogP contribution in [0.1, 0.15) is 19.3 Å². The van der Waals surface area contributed by atoms with Crippen LogP contribution in [0.4, 0.5) is 0 Å². The van der Waals surface area contributed by atoms with Crippen LogP contribution in [-0.2, 0) is 14.3 Å². The van der Waals surface area contributed by atoms with Crippen molar-refractivity contribution in [2.45, 2.75) is 37.4 Å². The van der Waals surface area contributed by atoms with Crippen LogP contribution in [0.15, 0.2) is 0 Å². The Bertz CT molecular complexity index is 321. The van der Waals surface area contributed by atoms with Crippen molar-refractivity contribution < 1.29 is 14.3 Å². The Kier molecular flexibility index (Phi) is 3.63. The number of nitrogens with one attached hydrogen (secondary N) is 1. The number of carbonyl (C=O) groups excluding carboxylic acids is 2. The van der Waals surface area contributed by atoms with Gasteiger partial charge < -0.3 is 20.7 Å². The van der Waals surface area contributed by atoms with Crippen molar-refractivity contribution in [3.63, 3.8) is 0 Å². The number of nitrogens with zero attached hydrogens (tertiary/aromatic N) is 1. The fourth-order valence-corrected chi connectivity index (χ4v) is 2.67. The molecule has 6 heteroatoms. The average Bonchev–Trinajstić information content (AvgIpc) is 2.49. The van der Waals surface area contributed by atoms with Crippen LogP contribution in [0.3, 0.4) is 0 Å². The first-order chi connectivity index (χ1) is 8.15. The summed E-state index contributed by atoms with van der Waals surface area (Å²) >= 11 is 0. The molecule has 0 spiro atoms. The van der Waals surface area contributed by atoms with Crippen LogP contribution in [0.25, 0.3) is 0 Å². The molecule has 0 aromatic carbocycles. The van der Waals surface area contributed by atoms with E-state index in [2.05, 4.69) is 5.32 Å². The van der Waals surface area contributed by atoms with Gasteiger partial charge in [0.05, 0.1) is 13.2 Å². The summed E-state index contributed by atoms with van der Waals surface area (Å²) in [6.45, 7) is 1.17. The second-order valence-corrected chi connectivity index (χ2v) is 4.63. The topological polar surface area (TPSA) is 84.7 Å². The van der Waals surface area contributed by atoms with Gasteiger partial charge in [-0.3, -0.25) is 4.79 Å². The van der Waals surface area contributed by atoms with E-state index < -0.39 is 12.1 Å². The molecule has 2 fully saturated rings. The van der Waals surface area contributed by atoms with Crippen molar-refractivity contribution in [2.75, 3.05) is 20.2 Å². The minimum Gasteiger partial charge on any atom is -0.467 e. The number of amides is 1. The Morgan fingerprint density at radius 1 is 1.47 bits per heavy atom. The maximum Gasteiger partial charge on any atom is 0.328 e. The predicted molar refractivity (Wildman–Crippen MR) is 61.1 cm³/mol. The van der Waals surface area contributed by atoms with Gasteiger partial charge in [-0.25, -0.2) is 4.79 Å². The third-order valence-corrected chi connectivity index (χ3v) is 3.53. The molecule has 0 aromatic rings. The standard InChI is InChI=1S/C11H19N3O3/c1-17-11(16)9-4-2-3-7-5-13-6-8(12)10(15)14(7)9/h7-9,13H,2-6,12H2,1H3. The number of carbonyl (C=O) groups is 2. The summed E-state index contributed by atoms with van der Waals surface area (Å²) in [5.41, 5.74) is 5.78. The first-order valence-corrected chi connectivity index (χ1v) is 6.01. The number of esters is 1. The minimum absolute atomic E-state index is 0.0638. The van der Waals surface area contributed by atoms with Gasteiger partial charge in [0.1, 0.15) is 6.04 Å². The third kappa shape index (κ3) is 2.28. The van der Waals surface area contributed by atoms with Crippen molar-refractivity contribution in [3.05, 3.63) is 0 Å². The first kappa shape index (κ1) is 12.3. The SMILES string of the molecule is COC(=O)C1CCCC2CNCC(N)C(=O)N21. The van der Waals surface area contributed by atoms with Gasteiger partial charge in [0, 0.05) is 19.1 Å². The monoisotopic (exact) mass is 241 g/mol. The lowest BCUT2D eigenvalue weighted by molar-refractivity contribution is -0.157. The van der Waals surface area contributed by atoms with Gasteiger partial charge in [0.15, 0.2) is 0 Å². The Morgan fingerprint density at radius 2 is 2.24 bits per heavy atom. The summed E-state index contributed by atoms with van der Waals surface area (Å²) in [6, 6.07) is -0.962. The van der Waals surface area contributed by atoms with Crippen LogP contribution in [0.5, 0.6) is 0 Å². The Labute approximate surface area is 100 Å². The van der Waals surface area contributed by atoms with Crippen molar-refractivity contribution in [3.8, 4) is 0 Å². The van der Waals surface area contributed by atoms with Crippen molar-refractivity contribution in [1.29, 1.82) is 0 Å². The highest BCUT2D eigenvalue weighted by molar-refractivity contribution is 5.88. The summed E-state index contributed by atoms with van der Waals surface area (Å²) in [5.74, 6) is -0.479. The van der Waals surface area contributed by atoms with Crippen LogP contribution in [0, 0.1) is 0 Å². The molecule has 2 heterocycles. The van der Waals surface area contributed by atoms with Gasteiger partial charge in [-0.05, 0) is 19.3 Å². The van der Waals surface area contributed by atoms with Gasteiger partial charge in [0.25, 0.3) is 0 Å². The highest BCUT2D eigenvalue weighted by atomic mass is 16.5. The molecule has 1 amide bonds. The molecule has 3 unspecified atom stereocenters. The number of fused-ring (bicyclic) bond motifs is 1. The zero-order valence-electron chi connectivity index (χ0n) is 10.0. The lowest BCUT2D eigenvalue weighted by Crippen LogP contribution is -2.57. The maximum atomic E-state index is 12.2. The normalized spacial score (nSPS) is 33.9. The van der Waals surface area contributed by atoms with Gasteiger partial charge in [-0.1, -0.05) is 0 Å². The minimum atomic E-state index is -0.565. The summed E-state index contributed by atoms with van der Waals surface area (Å²) in [6.07, 6.45) is 2.52. The molecule has 96 valence electrons. The third-order valence-electron chi connectivity index (χ3n) is 3.53. The molecule has 0 aromatic heterocycles. The van der Waals surface area contributed by atoms with E-state index in [0.717, 1.165) is 12.8 Å². The van der Waals surface area contributed by atoms with Gasteiger partial charge >= 0.3 is 5.97 Å². The van der Waals surface area contributed by atoms with E-state index in [1.807, 2.05) is 0 Å². The Balaban J connectivity index is 2.23. The van der Waals surface area contributed by atoms with Gasteiger partial charge in [-0.2, -0.15) is 0 Å². The second kappa shape index (κ2) is 5.01. The number of rotatable bonds is 1. The van der Waals surface area contributed by atoms with Crippen LogP contribution >= 0.6 is 0 Å². The van der Waals surface area contributed by atoms with E-state index in [0.29, 0.717) is 19.5 Å². The van der Waals surface area contributed by atoms with E-state index in [4.69, 9.17) is 10.5 Å². The molecule has 2 aliphatic heterocycles. The van der Waals surface area contributed by atoms with Crippen molar-refractivity contribution in [2.24, 2.45) is 5.73 Å². The highest BCUT2D eigenvalue weighted by Crippen LogP contribution is 2.25. The van der Waals surface area contributed by atoms with E-state index in [1.54, 1.807) is 4.90 Å². The average molecular weight is 241 g/mol. The predicted octanol–water partition coefficient (Wildman–Crippen LogP) is -1.16. The number of hydrogen-bond acceptors (Lipinski definition) is 5. The molecule has 3 N–H and O–H groups in total.